The van der Waals surface area contributed by atoms with Gasteiger partial charge in [-0.05, 0) is 38.8 Å². The Morgan fingerprint density at radius 1 is 1.50 bits per heavy atom. The van der Waals surface area contributed by atoms with Gasteiger partial charge in [0.05, 0.1) is 0 Å². The molecule has 20 heavy (non-hydrogen) atoms. The summed E-state index contributed by atoms with van der Waals surface area (Å²) < 4.78 is 0. The van der Waals surface area contributed by atoms with Gasteiger partial charge in [-0.15, -0.1) is 0 Å². The van der Waals surface area contributed by atoms with Gasteiger partial charge in [-0.25, -0.2) is 4.98 Å². The second-order valence-electron chi connectivity index (χ2n) is 5.62. The molecule has 0 radical (unpaired) electrons. The van der Waals surface area contributed by atoms with E-state index < -0.39 is 0 Å². The minimum atomic E-state index is 0.172. The highest BCUT2D eigenvalue weighted by molar-refractivity contribution is 5.95. The number of fused-ring (bicyclic) bond motifs is 1. The zero-order valence-electron chi connectivity index (χ0n) is 12.0. The van der Waals surface area contributed by atoms with Crippen LogP contribution in [0.1, 0.15) is 24.8 Å². The quantitative estimate of drug-likeness (QED) is 0.852. The van der Waals surface area contributed by atoms with Crippen molar-refractivity contribution in [3.05, 3.63) is 17.8 Å². The van der Waals surface area contributed by atoms with E-state index in [-0.39, 0.29) is 11.8 Å². The fraction of sp³-hybridized carbons (Fsp3) is 0.600. The van der Waals surface area contributed by atoms with Crippen LogP contribution < -0.4 is 15.5 Å². The SMILES string of the molecule is CNCCN1CCCc2c(NC(=O)C3CC3)ccnc21. The van der Waals surface area contributed by atoms with Crippen LogP contribution in [0, 0.1) is 5.92 Å². The summed E-state index contributed by atoms with van der Waals surface area (Å²) >= 11 is 0. The number of nitrogens with zero attached hydrogens (tertiary/aromatic N) is 2. The largest absolute Gasteiger partial charge is 0.355 e. The average Bonchev–Trinajstić information content (AvgIpc) is 3.30. The molecular formula is C15H22N4O. The number of hydrogen-bond donors (Lipinski definition) is 2. The molecule has 2 aliphatic rings. The number of nitrogens with one attached hydrogen (secondary N) is 2. The van der Waals surface area contributed by atoms with Crippen LogP contribution in [0.5, 0.6) is 0 Å². The standard InChI is InChI=1S/C15H22N4O/c1-16-8-10-19-9-2-3-12-13(6-7-17-14(12)19)18-15(20)11-4-5-11/h6-7,11,16H,2-5,8-10H2,1H3,(H,17,18,20). The predicted molar refractivity (Wildman–Crippen MR) is 80.1 cm³/mol. The first-order valence-corrected chi connectivity index (χ1v) is 7.48. The molecule has 1 fully saturated rings. The zero-order chi connectivity index (χ0) is 13.9. The molecule has 108 valence electrons. The number of amides is 1. The lowest BCUT2D eigenvalue weighted by Crippen LogP contribution is -2.36. The molecule has 0 aromatic carbocycles. The number of carbonyl (C=O) groups excluding carboxylic acids is 1. The molecule has 1 aliphatic heterocycles. The molecule has 5 heteroatoms. The van der Waals surface area contributed by atoms with Crippen molar-refractivity contribution in [3.63, 3.8) is 0 Å². The van der Waals surface area contributed by atoms with E-state index in [0.29, 0.717) is 0 Å². The molecule has 1 aromatic heterocycles. The number of hydrogen-bond acceptors (Lipinski definition) is 4. The highest BCUT2D eigenvalue weighted by atomic mass is 16.2. The summed E-state index contributed by atoms with van der Waals surface area (Å²) in [4.78, 5) is 18.8. The minimum absolute atomic E-state index is 0.172. The molecule has 1 aliphatic carbocycles. The fourth-order valence-corrected chi connectivity index (χ4v) is 2.71. The van der Waals surface area contributed by atoms with Crippen LogP contribution in [-0.2, 0) is 11.2 Å². The fourth-order valence-electron chi connectivity index (χ4n) is 2.71. The molecule has 1 saturated carbocycles. The molecule has 2 N–H and O–H groups in total. The van der Waals surface area contributed by atoms with E-state index in [1.165, 1.54) is 5.56 Å². The van der Waals surface area contributed by atoms with Gasteiger partial charge in [-0.3, -0.25) is 4.79 Å². The first-order chi connectivity index (χ1) is 9.79. The third kappa shape index (κ3) is 2.77. The normalized spacial score (nSPS) is 17.8. The minimum Gasteiger partial charge on any atom is -0.355 e. The Morgan fingerprint density at radius 2 is 2.35 bits per heavy atom. The predicted octanol–water partition coefficient (Wildman–Crippen LogP) is 1.40. The number of pyridine rings is 1. The third-order valence-corrected chi connectivity index (χ3v) is 4.03. The lowest BCUT2D eigenvalue weighted by molar-refractivity contribution is -0.117. The van der Waals surface area contributed by atoms with Gasteiger partial charge in [0.2, 0.25) is 5.91 Å². The Hall–Kier alpha value is -1.62. The summed E-state index contributed by atoms with van der Waals surface area (Å²) in [5.41, 5.74) is 2.16. The zero-order valence-corrected chi connectivity index (χ0v) is 12.0. The van der Waals surface area contributed by atoms with Crippen LogP contribution in [-0.4, -0.2) is 37.6 Å². The second-order valence-corrected chi connectivity index (χ2v) is 5.62. The van der Waals surface area contributed by atoms with Crippen LogP contribution in [0.25, 0.3) is 0 Å². The van der Waals surface area contributed by atoms with E-state index in [4.69, 9.17) is 0 Å². The van der Waals surface area contributed by atoms with E-state index >= 15 is 0 Å². The van der Waals surface area contributed by atoms with Crippen LogP contribution >= 0.6 is 0 Å². The Bertz CT molecular complexity index is 499. The summed E-state index contributed by atoms with van der Waals surface area (Å²) in [6.07, 6.45) is 5.99. The summed E-state index contributed by atoms with van der Waals surface area (Å²) in [7, 11) is 1.96. The monoisotopic (exact) mass is 274 g/mol. The maximum absolute atomic E-state index is 12.0. The molecule has 0 saturated heterocycles. The molecule has 3 rings (SSSR count). The average molecular weight is 274 g/mol. The van der Waals surface area contributed by atoms with Crippen molar-refractivity contribution in [2.45, 2.75) is 25.7 Å². The maximum atomic E-state index is 12.0. The number of likely N-dealkylation sites (N-methyl/N-ethyl adjacent to an activating group) is 1. The number of rotatable bonds is 5. The molecule has 0 spiro atoms. The van der Waals surface area contributed by atoms with Gasteiger partial charge >= 0.3 is 0 Å². The van der Waals surface area contributed by atoms with Crippen molar-refractivity contribution in [1.82, 2.24) is 10.3 Å². The Morgan fingerprint density at radius 3 is 3.10 bits per heavy atom. The van der Waals surface area contributed by atoms with Crippen molar-refractivity contribution in [2.24, 2.45) is 5.92 Å². The van der Waals surface area contributed by atoms with Crippen LogP contribution in [0.2, 0.25) is 0 Å². The van der Waals surface area contributed by atoms with Gasteiger partial charge in [-0.1, -0.05) is 0 Å². The van der Waals surface area contributed by atoms with Crippen molar-refractivity contribution >= 4 is 17.4 Å². The molecule has 0 bridgehead atoms. The van der Waals surface area contributed by atoms with E-state index in [1.807, 2.05) is 13.1 Å². The number of anilines is 2. The second kappa shape index (κ2) is 5.79. The van der Waals surface area contributed by atoms with Crippen LogP contribution in [0.3, 0.4) is 0 Å². The van der Waals surface area contributed by atoms with Crippen molar-refractivity contribution in [3.8, 4) is 0 Å². The molecular weight excluding hydrogens is 252 g/mol. The van der Waals surface area contributed by atoms with Gasteiger partial charge in [-0.2, -0.15) is 0 Å². The van der Waals surface area contributed by atoms with E-state index in [9.17, 15) is 4.79 Å². The van der Waals surface area contributed by atoms with Gasteiger partial charge in [0.25, 0.3) is 0 Å². The summed E-state index contributed by atoms with van der Waals surface area (Å²) in [6.45, 7) is 2.94. The van der Waals surface area contributed by atoms with E-state index in [0.717, 1.165) is 56.8 Å². The lowest BCUT2D eigenvalue weighted by Gasteiger charge is -2.31. The summed E-state index contributed by atoms with van der Waals surface area (Å²) in [5, 5.41) is 6.26. The van der Waals surface area contributed by atoms with Gasteiger partial charge in [0, 0.05) is 43.0 Å². The van der Waals surface area contributed by atoms with Crippen molar-refractivity contribution in [1.29, 1.82) is 0 Å². The van der Waals surface area contributed by atoms with Crippen LogP contribution in [0.4, 0.5) is 11.5 Å². The summed E-state index contributed by atoms with van der Waals surface area (Å²) in [6, 6.07) is 1.93. The maximum Gasteiger partial charge on any atom is 0.227 e. The topological polar surface area (TPSA) is 57.3 Å². The molecule has 0 unspecified atom stereocenters. The third-order valence-electron chi connectivity index (χ3n) is 4.03. The lowest BCUT2D eigenvalue weighted by atomic mass is 10.0. The smallest absolute Gasteiger partial charge is 0.227 e. The molecule has 5 nitrogen and oxygen atoms in total. The summed E-state index contributed by atoms with van der Waals surface area (Å²) in [5.74, 6) is 1.45. The first-order valence-electron chi connectivity index (χ1n) is 7.48. The van der Waals surface area contributed by atoms with Crippen molar-refractivity contribution in [2.75, 3.05) is 36.9 Å². The number of aromatic nitrogens is 1. The van der Waals surface area contributed by atoms with Crippen LogP contribution in [0.15, 0.2) is 12.3 Å². The molecule has 1 amide bonds. The highest BCUT2D eigenvalue weighted by Gasteiger charge is 2.30. The van der Waals surface area contributed by atoms with Crippen molar-refractivity contribution < 1.29 is 4.79 Å². The Kier molecular flexibility index (Phi) is 3.87. The van der Waals surface area contributed by atoms with Gasteiger partial charge < -0.3 is 15.5 Å². The number of carbonyl (C=O) groups is 1. The van der Waals surface area contributed by atoms with Gasteiger partial charge in [0.1, 0.15) is 5.82 Å². The van der Waals surface area contributed by atoms with E-state index in [1.54, 1.807) is 6.20 Å². The molecule has 1 aromatic rings. The van der Waals surface area contributed by atoms with Gasteiger partial charge in [0.15, 0.2) is 0 Å². The van der Waals surface area contributed by atoms with E-state index in [2.05, 4.69) is 20.5 Å². The Labute approximate surface area is 119 Å². The molecule has 0 atom stereocenters. The highest BCUT2D eigenvalue weighted by Crippen LogP contribution is 2.34. The Balaban J connectivity index is 1.80. The first kappa shape index (κ1) is 13.4. The molecule has 2 heterocycles.